The van der Waals surface area contributed by atoms with E-state index in [9.17, 15) is 10.1 Å². The Morgan fingerprint density at radius 1 is 1.21 bits per heavy atom. The van der Waals surface area contributed by atoms with Gasteiger partial charge in [0.25, 0.3) is 0 Å². The zero-order chi connectivity index (χ0) is 16.8. The third kappa shape index (κ3) is 3.82. The Morgan fingerprint density at radius 3 is 2.58 bits per heavy atom. The number of piperidine rings is 1. The summed E-state index contributed by atoms with van der Waals surface area (Å²) in [4.78, 5) is 14.0. The molecule has 5 nitrogen and oxygen atoms in total. The predicted molar refractivity (Wildman–Crippen MR) is 93.6 cm³/mol. The average molecular weight is 324 g/mol. The maximum Gasteiger partial charge on any atom is 0.196 e. The van der Waals surface area contributed by atoms with Crippen LogP contribution in [0.5, 0.6) is 0 Å². The van der Waals surface area contributed by atoms with Gasteiger partial charge in [0, 0.05) is 13.1 Å². The molecule has 1 saturated heterocycles. The van der Waals surface area contributed by atoms with Gasteiger partial charge >= 0.3 is 0 Å². The summed E-state index contributed by atoms with van der Waals surface area (Å²) in [5, 5.41) is 15.3. The molecule has 1 aromatic rings. The first kappa shape index (κ1) is 16.7. The van der Waals surface area contributed by atoms with E-state index < -0.39 is 0 Å². The van der Waals surface area contributed by atoms with Gasteiger partial charge in [-0.3, -0.25) is 9.80 Å². The van der Waals surface area contributed by atoms with E-state index in [1.807, 2.05) is 5.01 Å². The molecule has 0 unspecified atom stereocenters. The maximum atomic E-state index is 11.5. The summed E-state index contributed by atoms with van der Waals surface area (Å²) in [6.45, 7) is 3.35. The second-order valence-corrected chi connectivity index (χ2v) is 6.76. The standard InChI is InChI=1S/C19H24N4O/c20-11-8-19(23-16-18(24)15-21-23)9-13-22(14-10-19)12-4-7-17-5-2-1-3-6-17/h1-3,5-6,15H,4,7-10,12-14,16H2. The van der Waals surface area contributed by atoms with E-state index in [1.165, 1.54) is 11.8 Å². The van der Waals surface area contributed by atoms with Gasteiger partial charge in [0.05, 0.1) is 24.2 Å². The smallest absolute Gasteiger partial charge is 0.196 e. The zero-order valence-electron chi connectivity index (χ0n) is 14.0. The minimum atomic E-state index is -0.257. The largest absolute Gasteiger partial charge is 0.303 e. The SMILES string of the molecule is N#CCC1(N2CC(=O)C=N2)CCN(CCCc2ccccc2)CC1. The number of hydrogen-bond donors (Lipinski definition) is 0. The zero-order valence-corrected chi connectivity index (χ0v) is 14.0. The van der Waals surface area contributed by atoms with Crippen molar-refractivity contribution < 1.29 is 4.79 Å². The molecule has 0 radical (unpaired) electrons. The lowest BCUT2D eigenvalue weighted by Gasteiger charge is -2.45. The molecule has 0 aliphatic carbocycles. The molecule has 3 rings (SSSR count). The number of nitrogens with zero attached hydrogens (tertiary/aromatic N) is 4. The minimum Gasteiger partial charge on any atom is -0.303 e. The molecular weight excluding hydrogens is 300 g/mol. The predicted octanol–water partition coefficient (Wildman–Crippen LogP) is 2.24. The van der Waals surface area contributed by atoms with Gasteiger partial charge in [0.2, 0.25) is 0 Å². The lowest BCUT2D eigenvalue weighted by Crippen LogP contribution is -2.53. The second kappa shape index (κ2) is 7.59. The van der Waals surface area contributed by atoms with Gasteiger partial charge in [-0.2, -0.15) is 10.4 Å². The van der Waals surface area contributed by atoms with E-state index in [2.05, 4.69) is 46.4 Å². The van der Waals surface area contributed by atoms with Gasteiger partial charge in [-0.05, 0) is 37.8 Å². The lowest BCUT2D eigenvalue weighted by atomic mass is 9.84. The average Bonchev–Trinajstić information content (AvgIpc) is 3.05. The quantitative estimate of drug-likeness (QED) is 0.805. The van der Waals surface area contributed by atoms with Gasteiger partial charge in [-0.1, -0.05) is 30.3 Å². The summed E-state index contributed by atoms with van der Waals surface area (Å²) in [6, 6.07) is 12.9. The fraction of sp³-hybridized carbons (Fsp3) is 0.526. The summed E-state index contributed by atoms with van der Waals surface area (Å²) < 4.78 is 0. The highest BCUT2D eigenvalue weighted by Gasteiger charge is 2.41. The Hall–Kier alpha value is -2.19. The van der Waals surface area contributed by atoms with Crippen molar-refractivity contribution in [3.8, 4) is 6.07 Å². The summed E-state index contributed by atoms with van der Waals surface area (Å²) in [7, 11) is 0. The third-order valence-electron chi connectivity index (χ3n) is 5.17. The number of aryl methyl sites for hydroxylation is 1. The van der Waals surface area contributed by atoms with Crippen molar-refractivity contribution in [3.63, 3.8) is 0 Å². The van der Waals surface area contributed by atoms with Crippen molar-refractivity contribution in [3.05, 3.63) is 35.9 Å². The van der Waals surface area contributed by atoms with Crippen LogP contribution in [0, 0.1) is 11.3 Å². The topological polar surface area (TPSA) is 59.7 Å². The van der Waals surface area contributed by atoms with Gasteiger partial charge in [-0.15, -0.1) is 0 Å². The van der Waals surface area contributed by atoms with Crippen LogP contribution in [0.2, 0.25) is 0 Å². The molecule has 0 saturated carbocycles. The fourth-order valence-electron chi connectivity index (χ4n) is 3.67. The van der Waals surface area contributed by atoms with Crippen LogP contribution in [0.15, 0.2) is 35.4 Å². The van der Waals surface area contributed by atoms with Crippen LogP contribution in [0.3, 0.4) is 0 Å². The molecule has 5 heteroatoms. The number of carbonyl (C=O) groups excluding carboxylic acids is 1. The Bertz CT molecular complexity index is 627. The number of carbonyl (C=O) groups is 1. The number of Topliss-reactive ketones (excluding diaryl/α,β-unsaturated/α-hetero) is 1. The van der Waals surface area contributed by atoms with Gasteiger partial charge in [0.1, 0.15) is 6.54 Å². The maximum absolute atomic E-state index is 11.5. The molecular formula is C19H24N4O. The first-order chi connectivity index (χ1) is 11.7. The molecule has 0 aromatic heterocycles. The number of rotatable bonds is 6. The van der Waals surface area contributed by atoms with Crippen LogP contribution in [0.1, 0.15) is 31.2 Å². The number of likely N-dealkylation sites (tertiary alicyclic amines) is 1. The van der Waals surface area contributed by atoms with Crippen molar-refractivity contribution in [2.45, 2.75) is 37.6 Å². The Kier molecular flexibility index (Phi) is 5.27. The van der Waals surface area contributed by atoms with Crippen molar-refractivity contribution in [1.29, 1.82) is 5.26 Å². The molecule has 0 spiro atoms. The molecule has 0 bridgehead atoms. The summed E-state index contributed by atoms with van der Waals surface area (Å²) in [5.74, 6) is 0.0394. The molecule has 2 aliphatic heterocycles. The van der Waals surface area contributed by atoms with Crippen LogP contribution in [0.4, 0.5) is 0 Å². The van der Waals surface area contributed by atoms with E-state index in [0.29, 0.717) is 13.0 Å². The third-order valence-corrected chi connectivity index (χ3v) is 5.17. The fourth-order valence-corrected chi connectivity index (χ4v) is 3.67. The molecule has 1 aromatic carbocycles. The van der Waals surface area contributed by atoms with E-state index in [1.54, 1.807) is 0 Å². The highest BCUT2D eigenvalue weighted by Crippen LogP contribution is 2.33. The highest BCUT2D eigenvalue weighted by atomic mass is 16.1. The van der Waals surface area contributed by atoms with Crippen LogP contribution in [0.25, 0.3) is 0 Å². The van der Waals surface area contributed by atoms with Crippen LogP contribution >= 0.6 is 0 Å². The molecule has 1 fully saturated rings. The number of nitriles is 1. The highest BCUT2D eigenvalue weighted by molar-refractivity contribution is 6.29. The normalized spacial score (nSPS) is 20.3. The number of hydrazone groups is 1. The molecule has 126 valence electrons. The Labute approximate surface area is 143 Å². The van der Waals surface area contributed by atoms with Gasteiger partial charge < -0.3 is 4.90 Å². The first-order valence-corrected chi connectivity index (χ1v) is 8.70. The van der Waals surface area contributed by atoms with Crippen molar-refractivity contribution in [1.82, 2.24) is 9.91 Å². The molecule has 0 N–H and O–H groups in total. The Balaban J connectivity index is 1.49. The monoisotopic (exact) mass is 324 g/mol. The van der Waals surface area contributed by atoms with Crippen molar-refractivity contribution in [2.75, 3.05) is 26.2 Å². The van der Waals surface area contributed by atoms with Crippen molar-refractivity contribution in [2.24, 2.45) is 5.10 Å². The molecule has 0 amide bonds. The summed E-state index contributed by atoms with van der Waals surface area (Å²) in [6.07, 6.45) is 5.88. The van der Waals surface area contributed by atoms with Gasteiger partial charge in [-0.25, -0.2) is 0 Å². The summed E-state index contributed by atoms with van der Waals surface area (Å²) in [5.41, 5.74) is 1.13. The van der Waals surface area contributed by atoms with Crippen molar-refractivity contribution >= 4 is 12.0 Å². The molecule has 2 aliphatic rings. The van der Waals surface area contributed by atoms with Crippen LogP contribution < -0.4 is 0 Å². The summed E-state index contributed by atoms with van der Waals surface area (Å²) >= 11 is 0. The first-order valence-electron chi connectivity index (χ1n) is 8.70. The Morgan fingerprint density at radius 2 is 1.96 bits per heavy atom. The lowest BCUT2D eigenvalue weighted by molar-refractivity contribution is -0.114. The van der Waals surface area contributed by atoms with Crippen LogP contribution in [-0.2, 0) is 11.2 Å². The molecule has 2 heterocycles. The van der Waals surface area contributed by atoms with Crippen LogP contribution in [-0.4, -0.2) is 53.6 Å². The van der Waals surface area contributed by atoms with Gasteiger partial charge in [0.15, 0.2) is 5.78 Å². The van der Waals surface area contributed by atoms with E-state index in [0.717, 1.165) is 45.3 Å². The van der Waals surface area contributed by atoms with E-state index >= 15 is 0 Å². The molecule has 24 heavy (non-hydrogen) atoms. The number of benzene rings is 1. The van der Waals surface area contributed by atoms with E-state index in [-0.39, 0.29) is 11.3 Å². The number of hydrogen-bond acceptors (Lipinski definition) is 5. The van der Waals surface area contributed by atoms with E-state index in [4.69, 9.17) is 0 Å². The second-order valence-electron chi connectivity index (χ2n) is 6.76. The minimum absolute atomic E-state index is 0.0394. The molecule has 0 atom stereocenters. The number of ketones is 1.